The number of nitrogens with zero attached hydrogens (tertiary/aromatic N) is 1. The molecule has 1 aromatic rings. The van der Waals surface area contributed by atoms with Gasteiger partial charge in [-0.25, -0.2) is 4.39 Å². The molecule has 2 aliphatic rings. The first kappa shape index (κ1) is 12.0. The van der Waals surface area contributed by atoms with Crippen molar-refractivity contribution in [2.24, 2.45) is 5.92 Å². The number of fused-ring (bicyclic) bond motifs is 1. The van der Waals surface area contributed by atoms with E-state index in [2.05, 4.69) is 0 Å². The molecule has 19 heavy (non-hydrogen) atoms. The fourth-order valence-electron chi connectivity index (χ4n) is 2.50. The molecule has 0 radical (unpaired) electrons. The minimum atomic E-state index is -1.17. The number of carboxylic acids is 1. The Bertz CT molecular complexity index is 583. The summed E-state index contributed by atoms with van der Waals surface area (Å²) in [5, 5.41) is 9.11. The molecule has 1 aliphatic heterocycles. The van der Waals surface area contributed by atoms with Crippen molar-refractivity contribution in [3.63, 3.8) is 0 Å². The Morgan fingerprint density at radius 2 is 2.11 bits per heavy atom. The van der Waals surface area contributed by atoms with Gasteiger partial charge in [0.1, 0.15) is 11.7 Å². The largest absolute Gasteiger partial charge is 0.481 e. The maximum atomic E-state index is 13.5. The molecule has 1 fully saturated rings. The molecule has 0 saturated heterocycles. The van der Waals surface area contributed by atoms with Crippen LogP contribution in [0, 0.1) is 11.7 Å². The van der Waals surface area contributed by atoms with Crippen LogP contribution in [-0.2, 0) is 4.79 Å². The summed E-state index contributed by atoms with van der Waals surface area (Å²) in [4.78, 5) is 25.1. The normalized spacial score (nSPS) is 22.3. The predicted octanol–water partition coefficient (Wildman–Crippen LogP) is 1.27. The van der Waals surface area contributed by atoms with Crippen LogP contribution in [0.4, 0.5) is 15.8 Å². The summed E-state index contributed by atoms with van der Waals surface area (Å²) in [6.45, 7) is 0.136. The average molecular weight is 264 g/mol. The predicted molar refractivity (Wildman–Crippen MR) is 66.6 cm³/mol. The first-order chi connectivity index (χ1) is 8.99. The van der Waals surface area contributed by atoms with Crippen molar-refractivity contribution in [3.05, 3.63) is 23.5 Å². The van der Waals surface area contributed by atoms with Crippen LogP contribution in [0.15, 0.2) is 12.1 Å². The number of carbonyl (C=O) groups is 2. The monoisotopic (exact) mass is 264 g/mol. The zero-order valence-electron chi connectivity index (χ0n) is 10.1. The smallest absolute Gasteiger partial charge is 0.316 e. The van der Waals surface area contributed by atoms with Gasteiger partial charge in [-0.05, 0) is 25.0 Å². The number of nitrogen functional groups attached to an aromatic ring is 1. The van der Waals surface area contributed by atoms with Crippen LogP contribution in [0.25, 0.3) is 0 Å². The molecule has 6 heteroatoms. The summed E-state index contributed by atoms with van der Waals surface area (Å²) < 4.78 is 13.5. The summed E-state index contributed by atoms with van der Waals surface area (Å²) in [5.41, 5.74) is 6.20. The number of rotatable bonds is 2. The molecule has 1 saturated carbocycles. The van der Waals surface area contributed by atoms with E-state index in [0.29, 0.717) is 5.69 Å². The van der Waals surface area contributed by atoms with E-state index in [9.17, 15) is 14.0 Å². The summed E-state index contributed by atoms with van der Waals surface area (Å²) >= 11 is 0. The van der Waals surface area contributed by atoms with Crippen molar-refractivity contribution >= 4 is 23.1 Å². The molecule has 3 rings (SSSR count). The Kier molecular flexibility index (Phi) is 2.48. The molecule has 1 heterocycles. The summed E-state index contributed by atoms with van der Waals surface area (Å²) in [6.07, 6.45) is 1.91. The van der Waals surface area contributed by atoms with Crippen molar-refractivity contribution in [3.8, 4) is 0 Å². The molecular formula is C13H13FN2O3. The first-order valence-electron chi connectivity index (χ1n) is 6.11. The summed E-state index contributed by atoms with van der Waals surface area (Å²) in [6, 6.07) is 2.72. The number of Topliss-reactive ketones (excluding diaryl/α,β-unsaturated/α-hetero) is 1. The lowest BCUT2D eigenvalue weighted by Crippen LogP contribution is -2.44. The second kappa shape index (κ2) is 3.94. The lowest BCUT2D eigenvalue weighted by Gasteiger charge is -2.34. The van der Waals surface area contributed by atoms with Crippen LogP contribution in [0.3, 0.4) is 0 Å². The van der Waals surface area contributed by atoms with Crippen LogP contribution >= 0.6 is 0 Å². The zero-order valence-corrected chi connectivity index (χ0v) is 10.1. The fraction of sp³-hybridized carbons (Fsp3) is 0.385. The second-order valence-corrected chi connectivity index (χ2v) is 5.03. The van der Waals surface area contributed by atoms with E-state index in [1.165, 1.54) is 6.07 Å². The van der Waals surface area contributed by atoms with Crippen molar-refractivity contribution in [1.29, 1.82) is 0 Å². The molecule has 0 spiro atoms. The third-order valence-electron chi connectivity index (χ3n) is 3.67. The first-order valence-corrected chi connectivity index (χ1v) is 6.11. The Morgan fingerprint density at radius 3 is 2.68 bits per heavy atom. The van der Waals surface area contributed by atoms with Crippen molar-refractivity contribution < 1.29 is 19.1 Å². The number of halogens is 1. The van der Waals surface area contributed by atoms with E-state index in [0.717, 1.165) is 18.9 Å². The Morgan fingerprint density at radius 1 is 1.42 bits per heavy atom. The van der Waals surface area contributed by atoms with Gasteiger partial charge in [-0.3, -0.25) is 9.59 Å². The molecular weight excluding hydrogens is 251 g/mol. The van der Waals surface area contributed by atoms with Crippen LogP contribution in [0.5, 0.6) is 0 Å². The van der Waals surface area contributed by atoms with Gasteiger partial charge in [-0.1, -0.05) is 0 Å². The minimum Gasteiger partial charge on any atom is -0.481 e. The van der Waals surface area contributed by atoms with E-state index in [-0.39, 0.29) is 23.8 Å². The highest BCUT2D eigenvalue weighted by Gasteiger charge is 2.42. The van der Waals surface area contributed by atoms with E-state index < -0.39 is 23.5 Å². The Balaban J connectivity index is 2.12. The SMILES string of the molecule is Nc1cc2c(cc1F)C(=O)C(C(=O)O)CN2C1CC1. The molecule has 1 unspecified atom stereocenters. The molecule has 3 N–H and O–H groups in total. The Hall–Kier alpha value is -2.11. The topological polar surface area (TPSA) is 83.6 Å². The van der Waals surface area contributed by atoms with E-state index in [1.54, 1.807) is 0 Å². The van der Waals surface area contributed by atoms with Gasteiger partial charge >= 0.3 is 5.97 Å². The van der Waals surface area contributed by atoms with Gasteiger partial charge in [0.05, 0.1) is 11.4 Å². The van der Waals surface area contributed by atoms with Gasteiger partial charge in [0.15, 0.2) is 5.78 Å². The lowest BCUT2D eigenvalue weighted by atomic mass is 9.90. The summed E-state index contributed by atoms with van der Waals surface area (Å²) in [5.74, 6) is -3.53. The Labute approximate surface area is 108 Å². The maximum Gasteiger partial charge on any atom is 0.316 e. The van der Waals surface area contributed by atoms with Gasteiger partial charge in [0, 0.05) is 18.2 Å². The quantitative estimate of drug-likeness (QED) is 0.621. The van der Waals surface area contributed by atoms with Crippen LogP contribution in [-0.4, -0.2) is 29.4 Å². The average Bonchev–Trinajstić information content (AvgIpc) is 3.16. The van der Waals surface area contributed by atoms with Crippen LogP contribution < -0.4 is 10.6 Å². The number of nitrogens with two attached hydrogens (primary N) is 1. The molecule has 1 atom stereocenters. The molecule has 0 aromatic heterocycles. The van der Waals surface area contributed by atoms with Crippen LogP contribution in [0.2, 0.25) is 0 Å². The number of ketones is 1. The van der Waals surface area contributed by atoms with Gasteiger partial charge in [-0.2, -0.15) is 0 Å². The molecule has 100 valence electrons. The molecule has 1 aromatic carbocycles. The van der Waals surface area contributed by atoms with Crippen molar-refractivity contribution in [2.45, 2.75) is 18.9 Å². The number of carboxylic acid groups (broad SMARTS) is 1. The van der Waals surface area contributed by atoms with Crippen molar-refractivity contribution in [2.75, 3.05) is 17.2 Å². The van der Waals surface area contributed by atoms with Gasteiger partial charge in [-0.15, -0.1) is 0 Å². The summed E-state index contributed by atoms with van der Waals surface area (Å²) in [7, 11) is 0. The number of hydrogen-bond acceptors (Lipinski definition) is 4. The number of hydrogen-bond donors (Lipinski definition) is 2. The third-order valence-corrected chi connectivity index (χ3v) is 3.67. The molecule has 0 bridgehead atoms. The van der Waals surface area contributed by atoms with Gasteiger partial charge in [0.2, 0.25) is 0 Å². The van der Waals surface area contributed by atoms with E-state index in [1.807, 2.05) is 4.90 Å². The zero-order chi connectivity index (χ0) is 13.7. The van der Waals surface area contributed by atoms with Gasteiger partial charge < -0.3 is 15.7 Å². The van der Waals surface area contributed by atoms with Crippen molar-refractivity contribution in [1.82, 2.24) is 0 Å². The highest BCUT2D eigenvalue weighted by Crippen LogP contribution is 2.39. The van der Waals surface area contributed by atoms with E-state index in [4.69, 9.17) is 10.8 Å². The number of benzene rings is 1. The number of aliphatic carboxylic acids is 1. The molecule has 5 nitrogen and oxygen atoms in total. The molecule has 1 aliphatic carbocycles. The number of carbonyl (C=O) groups excluding carboxylic acids is 1. The number of anilines is 2. The minimum absolute atomic E-state index is 0.0222. The second-order valence-electron chi connectivity index (χ2n) is 5.03. The van der Waals surface area contributed by atoms with Crippen LogP contribution in [0.1, 0.15) is 23.2 Å². The third kappa shape index (κ3) is 1.83. The lowest BCUT2D eigenvalue weighted by molar-refractivity contribution is -0.139. The maximum absolute atomic E-state index is 13.5. The van der Waals surface area contributed by atoms with Gasteiger partial charge in [0.25, 0.3) is 0 Å². The van der Waals surface area contributed by atoms with E-state index >= 15 is 0 Å². The fourth-order valence-corrected chi connectivity index (χ4v) is 2.50. The highest BCUT2D eigenvalue weighted by atomic mass is 19.1. The highest BCUT2D eigenvalue weighted by molar-refractivity contribution is 6.13. The standard InChI is InChI=1S/C13H13FN2O3/c14-9-3-7-11(4-10(9)15)16(6-1-2-6)5-8(12(7)17)13(18)19/h3-4,6,8H,1-2,5,15H2,(H,18,19). The molecule has 0 amide bonds.